The lowest BCUT2D eigenvalue weighted by atomic mass is 10.00. The predicted octanol–water partition coefficient (Wildman–Crippen LogP) is 10.4. The van der Waals surface area contributed by atoms with E-state index < -0.39 is 0 Å². The highest BCUT2D eigenvalue weighted by molar-refractivity contribution is 5.16. The monoisotopic (exact) mass is 645 g/mol. The van der Waals surface area contributed by atoms with Gasteiger partial charge in [-0.3, -0.25) is 0 Å². The first-order valence-corrected chi connectivity index (χ1v) is 18.8. The van der Waals surface area contributed by atoms with Gasteiger partial charge in [0, 0.05) is 0 Å². The number of nitrogens with zero attached hydrogens (tertiary/aromatic N) is 6. The molecule has 0 bridgehead atoms. The largest absolute Gasteiger partial charge is 0.376 e. The van der Waals surface area contributed by atoms with Gasteiger partial charge in [-0.1, -0.05) is 78.7 Å². The molecule has 0 aromatic carbocycles. The van der Waals surface area contributed by atoms with Crippen molar-refractivity contribution in [3.63, 3.8) is 0 Å². The van der Waals surface area contributed by atoms with Crippen molar-refractivity contribution in [3.05, 3.63) is 22.8 Å². The van der Waals surface area contributed by atoms with Crippen molar-refractivity contribution in [1.82, 2.24) is 30.0 Å². The topological polar surface area (TPSA) is 70.7 Å². The summed E-state index contributed by atoms with van der Waals surface area (Å²) in [6, 6.07) is 0. The van der Waals surface area contributed by atoms with Crippen LogP contribution in [-0.4, -0.2) is 42.2 Å². The number of hydrogen-bond acceptors (Lipinski definition) is 5. The second kappa shape index (κ2) is 18.1. The van der Waals surface area contributed by atoms with Crippen LogP contribution in [-0.2, 0) is 41.5 Å². The lowest BCUT2D eigenvalue weighted by Gasteiger charge is -2.22. The number of fused-ring (bicyclic) bond motifs is 3. The first kappa shape index (κ1) is 42.3. The van der Waals surface area contributed by atoms with Crippen LogP contribution in [0.25, 0.3) is 0 Å². The van der Waals surface area contributed by atoms with E-state index in [0.717, 1.165) is 50.0 Å². The van der Waals surface area contributed by atoms with Gasteiger partial charge in [-0.05, 0) is 137 Å². The quantitative estimate of drug-likeness (QED) is 0.325. The van der Waals surface area contributed by atoms with E-state index in [0.29, 0.717) is 5.41 Å². The van der Waals surface area contributed by atoms with E-state index in [1.54, 1.807) is 0 Å². The maximum absolute atomic E-state index is 6.03. The highest BCUT2D eigenvalue weighted by Gasteiger charge is 2.50. The molecule has 3 atom stereocenters. The minimum absolute atomic E-state index is 0.0187. The van der Waals surface area contributed by atoms with E-state index in [1.165, 1.54) is 61.3 Å². The molecule has 1 saturated carbocycles. The fourth-order valence-electron chi connectivity index (χ4n) is 6.15. The van der Waals surface area contributed by atoms with Crippen LogP contribution in [0.1, 0.15) is 179 Å². The Hall–Kier alpha value is -1.76. The third-order valence-electron chi connectivity index (χ3n) is 8.18. The van der Waals surface area contributed by atoms with Crippen LogP contribution in [0, 0.1) is 23.2 Å². The average Bonchev–Trinajstić information content (AvgIpc) is 3.16. The highest BCUT2D eigenvalue weighted by Crippen LogP contribution is 2.53. The Morgan fingerprint density at radius 2 is 0.957 bits per heavy atom. The normalized spacial score (nSPS) is 21.1. The fourth-order valence-corrected chi connectivity index (χ4v) is 6.15. The third kappa shape index (κ3) is 14.2. The van der Waals surface area contributed by atoms with Gasteiger partial charge >= 0.3 is 0 Å². The van der Waals surface area contributed by atoms with Gasteiger partial charge < -0.3 is 4.74 Å². The molecule has 3 aliphatic rings. The summed E-state index contributed by atoms with van der Waals surface area (Å²) in [7, 11) is 0. The van der Waals surface area contributed by atoms with Gasteiger partial charge in [-0.25, -0.2) is 9.36 Å². The molecule has 0 radical (unpaired) electrons. The summed E-state index contributed by atoms with van der Waals surface area (Å²) in [4.78, 5) is 0. The van der Waals surface area contributed by atoms with Crippen molar-refractivity contribution < 1.29 is 4.74 Å². The lowest BCUT2D eigenvalue weighted by Crippen LogP contribution is -2.26. The van der Waals surface area contributed by atoms with E-state index in [1.807, 2.05) is 27.7 Å². The molecule has 0 saturated heterocycles. The number of rotatable bonds is 2. The van der Waals surface area contributed by atoms with Crippen molar-refractivity contribution >= 4 is 0 Å². The predicted molar refractivity (Wildman–Crippen MR) is 197 cm³/mol. The van der Waals surface area contributed by atoms with E-state index in [2.05, 4.69) is 120 Å². The Balaban J connectivity index is 0.000000382. The molecular formula is C39H76N6O. The Bertz CT molecular complexity index is 1110. The minimum Gasteiger partial charge on any atom is -0.376 e. The van der Waals surface area contributed by atoms with Crippen molar-refractivity contribution in [2.24, 2.45) is 23.2 Å². The van der Waals surface area contributed by atoms with Crippen LogP contribution in [0.3, 0.4) is 0 Å². The van der Waals surface area contributed by atoms with Crippen molar-refractivity contribution in [1.29, 1.82) is 0 Å². The Labute approximate surface area is 285 Å². The zero-order valence-electron chi connectivity index (χ0n) is 33.6. The number of ether oxygens (including phenoxy) is 1. The smallest absolute Gasteiger partial charge is 0.0859 e. The summed E-state index contributed by atoms with van der Waals surface area (Å²) in [6.07, 6.45) is 12.2. The van der Waals surface area contributed by atoms with Gasteiger partial charge in [0.25, 0.3) is 0 Å². The summed E-state index contributed by atoms with van der Waals surface area (Å²) in [5, 5.41) is 17.5. The van der Waals surface area contributed by atoms with Crippen LogP contribution in [0.2, 0.25) is 0 Å². The van der Waals surface area contributed by atoms with Gasteiger partial charge in [-0.2, -0.15) is 0 Å². The number of aromatic nitrogens is 6. The van der Waals surface area contributed by atoms with Crippen molar-refractivity contribution in [2.75, 3.05) is 6.61 Å². The second-order valence-electron chi connectivity index (χ2n) is 17.5. The van der Waals surface area contributed by atoms with Crippen LogP contribution in [0.15, 0.2) is 0 Å². The van der Waals surface area contributed by atoms with Crippen molar-refractivity contribution in [2.45, 2.75) is 199 Å². The maximum atomic E-state index is 6.03. The molecule has 2 aromatic rings. The maximum Gasteiger partial charge on any atom is 0.0859 e. The van der Waals surface area contributed by atoms with E-state index in [9.17, 15) is 0 Å². The summed E-state index contributed by atoms with van der Waals surface area (Å²) < 4.78 is 10.3. The molecule has 3 aliphatic carbocycles. The number of aryl methyl sites for hydroxylation is 2. The molecule has 2 aromatic heterocycles. The third-order valence-corrected chi connectivity index (χ3v) is 8.18. The van der Waals surface area contributed by atoms with Gasteiger partial charge in [0.1, 0.15) is 0 Å². The van der Waals surface area contributed by atoms with Crippen LogP contribution in [0.4, 0.5) is 0 Å². The van der Waals surface area contributed by atoms with E-state index in [-0.39, 0.29) is 16.7 Å². The molecule has 0 spiro atoms. The van der Waals surface area contributed by atoms with Crippen LogP contribution in [0.5, 0.6) is 0 Å². The molecule has 268 valence electrons. The van der Waals surface area contributed by atoms with Crippen molar-refractivity contribution in [3.8, 4) is 0 Å². The Kier molecular flexibility index (Phi) is 16.7. The average molecular weight is 645 g/mol. The standard InChI is InChI=1S/C18H31N3O.C12H21N3.C5H12.2C2H6/c1-17(2,3)21-16-10-8-13-12(7-9-15(16)19-20-21)14(13)11-22-18(4,5)6;1-12(2,3)15-11-9-7-5-4-6-8-10(11)13-14-15;1-5(2,3)4;2*1-2/h12-14H,7-11H2,1-6H3;4-9H2,1-3H3;1-4H3;2*1-2H3. The Morgan fingerprint density at radius 1 is 0.565 bits per heavy atom. The van der Waals surface area contributed by atoms with Gasteiger partial charge in [0.2, 0.25) is 0 Å². The summed E-state index contributed by atoms with van der Waals surface area (Å²) in [6.45, 7) is 37.3. The minimum atomic E-state index is -0.0187. The molecular weight excluding hydrogens is 568 g/mol. The molecule has 7 nitrogen and oxygen atoms in total. The lowest BCUT2D eigenvalue weighted by molar-refractivity contribution is -0.0122. The number of hydrogen-bond donors (Lipinski definition) is 0. The summed E-state index contributed by atoms with van der Waals surface area (Å²) >= 11 is 0. The van der Waals surface area contributed by atoms with E-state index >= 15 is 0 Å². The van der Waals surface area contributed by atoms with Crippen LogP contribution >= 0.6 is 0 Å². The van der Waals surface area contributed by atoms with E-state index in [4.69, 9.17) is 4.74 Å². The molecule has 46 heavy (non-hydrogen) atoms. The molecule has 0 N–H and O–H groups in total. The molecule has 1 fully saturated rings. The molecule has 0 amide bonds. The molecule has 5 rings (SSSR count). The summed E-state index contributed by atoms with van der Waals surface area (Å²) in [5.74, 6) is 2.45. The zero-order valence-corrected chi connectivity index (χ0v) is 33.6. The molecule has 2 heterocycles. The molecule has 3 unspecified atom stereocenters. The second-order valence-corrected chi connectivity index (χ2v) is 17.5. The highest BCUT2D eigenvalue weighted by atomic mass is 16.5. The van der Waals surface area contributed by atoms with Gasteiger partial charge in [0.05, 0.1) is 46.1 Å². The first-order valence-electron chi connectivity index (χ1n) is 18.8. The SMILES string of the molecule is CC.CC.CC(C)(C)C.CC(C)(C)OCC1C2CCc3nnn(C(C)(C)C)c3CCC21.CC(C)(C)n1nnc2c1CCCCCC2. The van der Waals surface area contributed by atoms with Crippen LogP contribution < -0.4 is 0 Å². The van der Waals surface area contributed by atoms with Gasteiger partial charge in [0.15, 0.2) is 0 Å². The first-order chi connectivity index (χ1) is 21.3. The summed E-state index contributed by atoms with van der Waals surface area (Å²) in [5.41, 5.74) is 5.79. The zero-order chi connectivity index (χ0) is 35.5. The Morgan fingerprint density at radius 3 is 1.39 bits per heavy atom. The molecule has 7 heteroatoms. The fraction of sp³-hybridized carbons (Fsp3) is 0.897. The molecule has 0 aliphatic heterocycles. The van der Waals surface area contributed by atoms with Gasteiger partial charge in [-0.15, -0.1) is 10.2 Å².